The van der Waals surface area contributed by atoms with E-state index < -0.39 is 0 Å². The quantitative estimate of drug-likeness (QED) is 0.690. The van der Waals surface area contributed by atoms with Gasteiger partial charge in [0.15, 0.2) is 11.2 Å². The fourth-order valence-electron chi connectivity index (χ4n) is 2.29. The average Bonchev–Trinajstić information content (AvgIpc) is 2.97. The van der Waals surface area contributed by atoms with Crippen LogP contribution in [0.2, 0.25) is 5.02 Å². The van der Waals surface area contributed by atoms with Crippen LogP contribution in [0.25, 0.3) is 16.2 Å². The lowest BCUT2D eigenvalue weighted by molar-refractivity contribution is 0.111. The van der Waals surface area contributed by atoms with Crippen LogP contribution in [0.4, 0.5) is 0 Å². The summed E-state index contributed by atoms with van der Waals surface area (Å²) in [5.41, 5.74) is 2.73. The van der Waals surface area contributed by atoms with Crippen molar-refractivity contribution in [1.29, 1.82) is 0 Å². The van der Waals surface area contributed by atoms with Crippen LogP contribution >= 0.6 is 22.9 Å². The van der Waals surface area contributed by atoms with E-state index in [1.807, 2.05) is 24.6 Å². The van der Waals surface area contributed by atoms with Gasteiger partial charge in [-0.25, -0.2) is 4.98 Å². The maximum absolute atomic E-state index is 11.4. The second-order valence-electron chi connectivity index (χ2n) is 4.32. The van der Waals surface area contributed by atoms with Gasteiger partial charge in [0, 0.05) is 22.2 Å². The molecule has 0 aliphatic rings. The van der Waals surface area contributed by atoms with Gasteiger partial charge in [-0.1, -0.05) is 11.6 Å². The third-order valence-corrected chi connectivity index (χ3v) is 4.08. The van der Waals surface area contributed by atoms with Gasteiger partial charge in [0.2, 0.25) is 0 Å². The number of aryl methyl sites for hydroxylation is 1. The lowest BCUT2D eigenvalue weighted by Gasteiger charge is -2.11. The second kappa shape index (κ2) is 4.92. The Morgan fingerprint density at radius 3 is 2.95 bits per heavy atom. The summed E-state index contributed by atoms with van der Waals surface area (Å²) < 4.78 is 7.20. The SMILES string of the molecule is COc1c(C)cc(Cl)cc1-c1nc2sccn2c1C=O. The van der Waals surface area contributed by atoms with E-state index in [-0.39, 0.29) is 0 Å². The number of hydrogen-bond acceptors (Lipinski definition) is 4. The van der Waals surface area contributed by atoms with Crippen LogP contribution in [0.1, 0.15) is 16.1 Å². The highest BCUT2D eigenvalue weighted by molar-refractivity contribution is 7.15. The summed E-state index contributed by atoms with van der Waals surface area (Å²) in [5.74, 6) is 0.684. The number of thiazole rings is 1. The number of hydrogen-bond donors (Lipinski definition) is 0. The molecule has 0 saturated heterocycles. The molecule has 0 aliphatic heterocycles. The van der Waals surface area contributed by atoms with E-state index in [4.69, 9.17) is 16.3 Å². The summed E-state index contributed by atoms with van der Waals surface area (Å²) in [7, 11) is 1.60. The van der Waals surface area contributed by atoms with Crippen molar-refractivity contribution in [2.24, 2.45) is 0 Å². The molecule has 0 spiro atoms. The summed E-state index contributed by atoms with van der Waals surface area (Å²) in [6.07, 6.45) is 2.63. The number of imidazole rings is 1. The maximum atomic E-state index is 11.4. The zero-order chi connectivity index (χ0) is 14.3. The number of carbonyl (C=O) groups excluding carboxylic acids is 1. The van der Waals surface area contributed by atoms with Gasteiger partial charge in [0.25, 0.3) is 0 Å². The van der Waals surface area contributed by atoms with Crippen molar-refractivity contribution in [1.82, 2.24) is 9.38 Å². The minimum atomic E-state index is 0.501. The molecule has 0 N–H and O–H groups in total. The Morgan fingerprint density at radius 2 is 2.25 bits per heavy atom. The van der Waals surface area contributed by atoms with Gasteiger partial charge in [-0.3, -0.25) is 9.20 Å². The number of nitrogens with zero attached hydrogens (tertiary/aromatic N) is 2. The molecule has 102 valence electrons. The Labute approximate surface area is 124 Å². The van der Waals surface area contributed by atoms with Crippen LogP contribution < -0.4 is 4.74 Å². The van der Waals surface area contributed by atoms with Gasteiger partial charge in [-0.2, -0.15) is 0 Å². The first-order valence-corrected chi connectivity index (χ1v) is 7.16. The predicted molar refractivity (Wildman–Crippen MR) is 80.2 cm³/mol. The summed E-state index contributed by atoms with van der Waals surface area (Å²) >= 11 is 7.59. The number of benzene rings is 1. The molecule has 1 aromatic carbocycles. The highest BCUT2D eigenvalue weighted by Crippen LogP contribution is 2.37. The van der Waals surface area contributed by atoms with Crippen LogP contribution in [0.3, 0.4) is 0 Å². The summed E-state index contributed by atoms with van der Waals surface area (Å²) in [6.45, 7) is 1.91. The van der Waals surface area contributed by atoms with E-state index >= 15 is 0 Å². The smallest absolute Gasteiger partial charge is 0.194 e. The topological polar surface area (TPSA) is 43.6 Å². The molecule has 0 saturated carbocycles. The molecule has 0 aliphatic carbocycles. The fourth-order valence-corrected chi connectivity index (χ4v) is 3.28. The first kappa shape index (κ1) is 13.1. The van der Waals surface area contributed by atoms with E-state index in [1.165, 1.54) is 11.3 Å². The molecular formula is C14H11ClN2O2S. The zero-order valence-corrected chi connectivity index (χ0v) is 12.5. The van der Waals surface area contributed by atoms with Gasteiger partial charge in [-0.05, 0) is 24.6 Å². The number of aldehydes is 1. The summed E-state index contributed by atoms with van der Waals surface area (Å²) in [5, 5.41) is 2.48. The maximum Gasteiger partial charge on any atom is 0.194 e. The van der Waals surface area contributed by atoms with Crippen molar-refractivity contribution in [3.8, 4) is 17.0 Å². The number of ether oxygens (including phenoxy) is 1. The molecule has 2 aromatic heterocycles. The molecular weight excluding hydrogens is 296 g/mol. The van der Waals surface area contributed by atoms with Crippen LogP contribution in [0.5, 0.6) is 5.75 Å². The fraction of sp³-hybridized carbons (Fsp3) is 0.143. The molecule has 0 atom stereocenters. The minimum absolute atomic E-state index is 0.501. The summed E-state index contributed by atoms with van der Waals surface area (Å²) in [6, 6.07) is 3.59. The molecule has 20 heavy (non-hydrogen) atoms. The van der Waals surface area contributed by atoms with Crippen molar-refractivity contribution in [3.63, 3.8) is 0 Å². The molecule has 3 aromatic rings. The zero-order valence-electron chi connectivity index (χ0n) is 10.9. The van der Waals surface area contributed by atoms with E-state index in [1.54, 1.807) is 17.6 Å². The van der Waals surface area contributed by atoms with Crippen molar-refractivity contribution in [2.45, 2.75) is 6.92 Å². The number of halogens is 1. The van der Waals surface area contributed by atoms with Gasteiger partial charge < -0.3 is 4.74 Å². The van der Waals surface area contributed by atoms with Crippen molar-refractivity contribution >= 4 is 34.2 Å². The standard InChI is InChI=1S/C14H11ClN2O2S/c1-8-5-9(15)6-10(13(8)19-2)12-11(7-18)17-3-4-20-14(17)16-12/h3-7H,1-2H3. The number of rotatable bonds is 3. The van der Waals surface area contributed by atoms with E-state index in [2.05, 4.69) is 4.98 Å². The molecule has 3 rings (SSSR count). The summed E-state index contributed by atoms with van der Waals surface area (Å²) in [4.78, 5) is 16.7. The Kier molecular flexibility index (Phi) is 3.23. The predicted octanol–water partition coefficient (Wildman–Crippen LogP) is 3.85. The van der Waals surface area contributed by atoms with Crippen molar-refractivity contribution < 1.29 is 9.53 Å². The normalized spacial score (nSPS) is 10.9. The molecule has 0 unspecified atom stereocenters. The Morgan fingerprint density at radius 1 is 1.45 bits per heavy atom. The molecule has 4 nitrogen and oxygen atoms in total. The Hall–Kier alpha value is -1.85. The highest BCUT2D eigenvalue weighted by Gasteiger charge is 2.19. The molecule has 0 radical (unpaired) electrons. The van der Waals surface area contributed by atoms with E-state index in [0.29, 0.717) is 22.2 Å². The van der Waals surface area contributed by atoms with E-state index in [9.17, 15) is 4.79 Å². The number of aromatic nitrogens is 2. The lowest BCUT2D eigenvalue weighted by Crippen LogP contribution is -1.95. The third-order valence-electron chi connectivity index (χ3n) is 3.11. The molecule has 6 heteroatoms. The number of carbonyl (C=O) groups is 1. The van der Waals surface area contributed by atoms with Gasteiger partial charge in [-0.15, -0.1) is 11.3 Å². The van der Waals surface area contributed by atoms with Crippen LogP contribution in [-0.4, -0.2) is 22.8 Å². The first-order chi connectivity index (χ1) is 9.65. The molecule has 0 bridgehead atoms. The van der Waals surface area contributed by atoms with E-state index in [0.717, 1.165) is 22.4 Å². The minimum Gasteiger partial charge on any atom is -0.496 e. The molecule has 0 amide bonds. The highest BCUT2D eigenvalue weighted by atomic mass is 35.5. The Balaban J connectivity index is 2.35. The largest absolute Gasteiger partial charge is 0.496 e. The van der Waals surface area contributed by atoms with Crippen LogP contribution in [-0.2, 0) is 0 Å². The number of methoxy groups -OCH3 is 1. The van der Waals surface area contributed by atoms with Gasteiger partial charge >= 0.3 is 0 Å². The van der Waals surface area contributed by atoms with Gasteiger partial charge in [0.05, 0.1) is 7.11 Å². The Bertz CT molecular complexity index is 807. The van der Waals surface area contributed by atoms with Crippen molar-refractivity contribution in [3.05, 3.63) is 40.0 Å². The molecule has 0 fully saturated rings. The van der Waals surface area contributed by atoms with Crippen LogP contribution in [0, 0.1) is 6.92 Å². The number of fused-ring (bicyclic) bond motifs is 1. The monoisotopic (exact) mass is 306 g/mol. The first-order valence-electron chi connectivity index (χ1n) is 5.91. The molecule has 2 heterocycles. The second-order valence-corrected chi connectivity index (χ2v) is 5.63. The van der Waals surface area contributed by atoms with Gasteiger partial charge in [0.1, 0.15) is 17.1 Å². The van der Waals surface area contributed by atoms with Crippen LogP contribution in [0.15, 0.2) is 23.7 Å². The average molecular weight is 307 g/mol. The lowest BCUT2D eigenvalue weighted by atomic mass is 10.1. The third kappa shape index (κ3) is 1.90. The van der Waals surface area contributed by atoms with Crippen molar-refractivity contribution in [2.75, 3.05) is 7.11 Å².